The normalized spacial score (nSPS) is 11.4. The van der Waals surface area contributed by atoms with Crippen molar-refractivity contribution in [1.82, 2.24) is 19.9 Å². The second kappa shape index (κ2) is 20.8. The van der Waals surface area contributed by atoms with Gasteiger partial charge in [-0.2, -0.15) is 0 Å². The molecule has 0 radical (unpaired) electrons. The molecule has 0 saturated heterocycles. The maximum Gasteiger partial charge on any atom is 0.0561 e. The zero-order chi connectivity index (χ0) is 51.5. The van der Waals surface area contributed by atoms with Gasteiger partial charge in [-0.25, -0.2) is 0 Å². The molecule has 0 spiro atoms. The van der Waals surface area contributed by atoms with Gasteiger partial charge in [0.15, 0.2) is 0 Å². The molecule has 0 unspecified atom stereocenters. The highest BCUT2D eigenvalue weighted by Crippen LogP contribution is 2.55. The molecule has 370 valence electrons. The van der Waals surface area contributed by atoms with Crippen LogP contribution in [0.3, 0.4) is 0 Å². The van der Waals surface area contributed by atoms with Gasteiger partial charge in [0.2, 0.25) is 0 Å². The van der Waals surface area contributed by atoms with Crippen molar-refractivity contribution in [2.24, 2.45) is 0 Å². The molecule has 12 aromatic rings. The molecule has 4 heterocycles. The first kappa shape index (κ1) is 47.6. The molecule has 0 aliphatic heterocycles. The van der Waals surface area contributed by atoms with Crippen molar-refractivity contribution in [3.63, 3.8) is 0 Å². The van der Waals surface area contributed by atoms with Crippen LogP contribution in [0.2, 0.25) is 0 Å². The van der Waals surface area contributed by atoms with Gasteiger partial charge in [0.1, 0.15) is 0 Å². The molecule has 76 heavy (non-hydrogen) atoms. The molecule has 0 aliphatic rings. The summed E-state index contributed by atoms with van der Waals surface area (Å²) in [7, 11) is 0. The Morgan fingerprint density at radius 1 is 0.263 bits per heavy atom. The Kier molecular flexibility index (Phi) is 13.1. The first-order valence-electron chi connectivity index (χ1n) is 26.5. The highest BCUT2D eigenvalue weighted by Gasteiger charge is 2.30. The third kappa shape index (κ3) is 8.38. The average molecular weight is 987 g/mol. The number of hydrogen-bond acceptors (Lipinski definition) is 8. The Balaban J connectivity index is 1.32. The number of aryl methyl sites for hydroxylation is 4. The van der Waals surface area contributed by atoms with Crippen LogP contribution < -0.4 is 19.6 Å². The summed E-state index contributed by atoms with van der Waals surface area (Å²) in [6.45, 7) is 8.86. The van der Waals surface area contributed by atoms with Gasteiger partial charge in [0, 0.05) is 105 Å². The van der Waals surface area contributed by atoms with Gasteiger partial charge in [-0.05, 0) is 133 Å². The maximum atomic E-state index is 4.68. The summed E-state index contributed by atoms with van der Waals surface area (Å²) in [5.41, 5.74) is 17.3. The smallest absolute Gasteiger partial charge is 0.0561 e. The van der Waals surface area contributed by atoms with Gasteiger partial charge < -0.3 is 19.6 Å². The highest BCUT2D eigenvalue weighted by molar-refractivity contribution is 6.33. The topological polar surface area (TPSA) is 64.5 Å². The van der Waals surface area contributed by atoms with Crippen molar-refractivity contribution < 1.29 is 0 Å². The van der Waals surface area contributed by atoms with Gasteiger partial charge in [0.25, 0.3) is 0 Å². The van der Waals surface area contributed by atoms with Crippen LogP contribution in [0.25, 0.3) is 32.3 Å². The summed E-state index contributed by atoms with van der Waals surface area (Å²) in [4.78, 5) is 28.5. The highest BCUT2D eigenvalue weighted by atomic mass is 15.2. The fraction of sp³-hybridized carbons (Fsp3) is 0.118. The van der Waals surface area contributed by atoms with E-state index in [1.165, 1.54) is 0 Å². The molecule has 8 nitrogen and oxygen atoms in total. The average Bonchev–Trinajstić information content (AvgIpc) is 3.67. The van der Waals surface area contributed by atoms with Gasteiger partial charge in [0.05, 0.1) is 45.5 Å². The van der Waals surface area contributed by atoms with Crippen molar-refractivity contribution >= 4 is 101 Å². The van der Waals surface area contributed by atoms with Crippen LogP contribution in [0, 0.1) is 0 Å². The Bertz CT molecular complexity index is 3450. The SMILES string of the molecule is CCc1cnccc1N(c1ccccc1)c1cc(N(c2ccccc2)c2ccncc2CC)c2ccc3c(N(c4ccccc4)c4ccncc4CC)cc(N(c4ccccc4)c4ccncc4CC)c4ccc1c2c43. The van der Waals surface area contributed by atoms with E-state index in [0.29, 0.717) is 0 Å². The summed E-state index contributed by atoms with van der Waals surface area (Å²) in [6, 6.07) is 66.2. The summed E-state index contributed by atoms with van der Waals surface area (Å²) in [5, 5.41) is 6.79. The van der Waals surface area contributed by atoms with Crippen LogP contribution >= 0.6 is 0 Å². The van der Waals surface area contributed by atoms with Gasteiger partial charge in [-0.1, -0.05) is 125 Å². The molecular weight excluding hydrogens is 929 g/mol. The second-order valence-electron chi connectivity index (χ2n) is 19.0. The monoisotopic (exact) mass is 986 g/mol. The fourth-order valence-corrected chi connectivity index (χ4v) is 11.2. The Morgan fingerprint density at radius 3 is 0.697 bits per heavy atom. The predicted octanol–water partition coefficient (Wildman–Crippen LogP) is 18.3. The van der Waals surface area contributed by atoms with Crippen LogP contribution in [0.5, 0.6) is 0 Å². The van der Waals surface area contributed by atoms with Gasteiger partial charge in [-0.15, -0.1) is 0 Å². The van der Waals surface area contributed by atoms with E-state index < -0.39 is 0 Å². The molecule has 8 aromatic carbocycles. The quantitative estimate of drug-likeness (QED) is 0.0888. The largest absolute Gasteiger partial charge is 0.309 e. The summed E-state index contributed by atoms with van der Waals surface area (Å²) >= 11 is 0. The lowest BCUT2D eigenvalue weighted by Gasteiger charge is -2.35. The van der Waals surface area contributed by atoms with Crippen LogP contribution in [-0.2, 0) is 25.7 Å². The van der Waals surface area contributed by atoms with Crippen molar-refractivity contribution in [3.8, 4) is 0 Å². The molecule has 0 fully saturated rings. The second-order valence-corrected chi connectivity index (χ2v) is 19.0. The summed E-state index contributed by atoms with van der Waals surface area (Å²) in [5.74, 6) is 0. The van der Waals surface area contributed by atoms with Crippen LogP contribution in [0.1, 0.15) is 49.9 Å². The first-order valence-corrected chi connectivity index (χ1v) is 26.5. The number of benzene rings is 8. The number of pyridine rings is 4. The molecule has 0 atom stereocenters. The van der Waals surface area contributed by atoms with E-state index >= 15 is 0 Å². The number of aromatic nitrogens is 4. The molecule has 12 rings (SSSR count). The van der Waals surface area contributed by atoms with Crippen LogP contribution in [-0.4, -0.2) is 19.9 Å². The van der Waals surface area contributed by atoms with E-state index in [2.05, 4.69) is 249 Å². The van der Waals surface area contributed by atoms with Crippen molar-refractivity contribution in [2.45, 2.75) is 53.4 Å². The van der Waals surface area contributed by atoms with Gasteiger partial charge >= 0.3 is 0 Å². The van der Waals surface area contributed by atoms with Crippen molar-refractivity contribution in [3.05, 3.63) is 254 Å². The van der Waals surface area contributed by atoms with E-state index in [1.807, 2.05) is 49.6 Å². The molecule has 0 N–H and O–H groups in total. The number of hydrogen-bond donors (Lipinski definition) is 0. The summed E-state index contributed by atoms with van der Waals surface area (Å²) < 4.78 is 0. The summed E-state index contributed by atoms with van der Waals surface area (Å²) in [6.07, 6.45) is 19.0. The molecule has 0 saturated carbocycles. The third-order valence-electron chi connectivity index (χ3n) is 14.8. The van der Waals surface area contributed by atoms with Crippen LogP contribution in [0.4, 0.5) is 68.2 Å². The molecule has 0 aliphatic carbocycles. The van der Waals surface area contributed by atoms with Crippen LogP contribution in [0.15, 0.2) is 232 Å². The minimum Gasteiger partial charge on any atom is -0.309 e. The van der Waals surface area contributed by atoms with E-state index in [4.69, 9.17) is 0 Å². The zero-order valence-corrected chi connectivity index (χ0v) is 43.3. The van der Waals surface area contributed by atoms with Crippen molar-refractivity contribution in [2.75, 3.05) is 19.6 Å². The maximum absolute atomic E-state index is 4.68. The zero-order valence-electron chi connectivity index (χ0n) is 43.3. The number of para-hydroxylation sites is 4. The third-order valence-corrected chi connectivity index (χ3v) is 14.8. The Labute approximate surface area is 445 Å². The standard InChI is InChI=1S/C68H58N8/c1-5-47-43-69-37-33-59(47)73(51-21-13-9-14-22-51)63-41-64(74(52-23-15-10-16-24-52)60-34-38-70-44-48(60)6-2)56-31-32-58-66(76(54-27-19-12-20-28-54)62-36-40-72-46-50(62)8-4)42-65(57-30-29-55(63)67(56)68(57)58)75(53-25-17-11-18-26-53)61-35-39-71-45-49(61)7-3/h9-46H,5-8H2,1-4H3. The number of anilines is 12. The van der Waals surface area contributed by atoms with Gasteiger partial charge in [-0.3, -0.25) is 19.9 Å². The fourth-order valence-electron chi connectivity index (χ4n) is 11.2. The van der Waals surface area contributed by atoms with E-state index in [0.717, 1.165) is 149 Å². The molecule has 0 amide bonds. The predicted molar refractivity (Wildman–Crippen MR) is 318 cm³/mol. The first-order chi connectivity index (χ1) is 37.6. The number of nitrogens with zero attached hydrogens (tertiary/aromatic N) is 8. The lowest BCUT2D eigenvalue weighted by atomic mass is 9.88. The Hall–Kier alpha value is -9.40. The molecule has 8 heteroatoms. The minimum atomic E-state index is 0.805. The number of rotatable bonds is 16. The van der Waals surface area contributed by atoms with E-state index in [1.54, 1.807) is 0 Å². The lowest BCUT2D eigenvalue weighted by molar-refractivity contribution is 1.08. The van der Waals surface area contributed by atoms with E-state index in [9.17, 15) is 0 Å². The minimum absolute atomic E-state index is 0.805. The molecular formula is C68H58N8. The van der Waals surface area contributed by atoms with Crippen molar-refractivity contribution in [1.29, 1.82) is 0 Å². The lowest BCUT2D eigenvalue weighted by Crippen LogP contribution is -2.17. The van der Waals surface area contributed by atoms with E-state index in [-0.39, 0.29) is 0 Å². The molecule has 0 bridgehead atoms. The molecule has 4 aromatic heterocycles. The Morgan fingerprint density at radius 2 is 0.487 bits per heavy atom.